The van der Waals surface area contributed by atoms with Gasteiger partial charge in [-0.1, -0.05) is 6.07 Å². The largest absolute Gasteiger partial charge is 0.473 e. The maximum Gasteiger partial charge on any atom is 0.214 e. The minimum absolute atomic E-state index is 0.170. The lowest BCUT2D eigenvalue weighted by Crippen LogP contribution is -2.42. The monoisotopic (exact) mass is 293 g/mol. The molecule has 0 spiro atoms. The van der Waals surface area contributed by atoms with Gasteiger partial charge >= 0.3 is 0 Å². The third kappa shape index (κ3) is 2.99. The molecular weight excluding hydrogens is 276 g/mol. The molecule has 112 valence electrons. The molecule has 0 saturated carbocycles. The summed E-state index contributed by atoms with van der Waals surface area (Å²) < 4.78 is 31.6. The van der Waals surface area contributed by atoms with E-state index in [2.05, 4.69) is 14.8 Å². The van der Waals surface area contributed by atoms with Crippen molar-refractivity contribution in [2.24, 2.45) is 4.99 Å². The second-order valence-corrected chi connectivity index (χ2v) is 5.22. The number of hydrogen-bond acceptors (Lipinski definition) is 4. The van der Waals surface area contributed by atoms with Crippen LogP contribution in [0.15, 0.2) is 35.1 Å². The van der Waals surface area contributed by atoms with E-state index in [9.17, 15) is 8.78 Å². The van der Waals surface area contributed by atoms with E-state index < -0.39 is 11.6 Å². The Morgan fingerprint density at radius 3 is 2.90 bits per heavy atom. The average Bonchev–Trinajstić information content (AvgIpc) is 2.49. The molecule has 0 amide bonds. The number of rotatable bonds is 2. The summed E-state index contributed by atoms with van der Waals surface area (Å²) in [7, 11) is 2.04. The van der Waals surface area contributed by atoms with Gasteiger partial charge in [-0.25, -0.2) is 13.8 Å². The molecule has 2 aliphatic rings. The van der Waals surface area contributed by atoms with Gasteiger partial charge < -0.3 is 14.5 Å². The number of benzene rings is 1. The van der Waals surface area contributed by atoms with E-state index in [0.717, 1.165) is 37.5 Å². The summed E-state index contributed by atoms with van der Waals surface area (Å²) in [6.07, 6.45) is 3.01. The van der Waals surface area contributed by atoms with Crippen LogP contribution in [0, 0.1) is 11.6 Å². The Kier molecular flexibility index (Phi) is 3.77. The van der Waals surface area contributed by atoms with E-state index in [-0.39, 0.29) is 6.61 Å². The van der Waals surface area contributed by atoms with Crippen LogP contribution in [0.3, 0.4) is 0 Å². The fraction of sp³-hybridized carbons (Fsp3) is 0.400. The van der Waals surface area contributed by atoms with Crippen LogP contribution in [0.2, 0.25) is 0 Å². The van der Waals surface area contributed by atoms with Crippen molar-refractivity contribution in [2.45, 2.75) is 13.0 Å². The summed E-state index contributed by atoms with van der Waals surface area (Å²) in [6, 6.07) is 3.75. The molecule has 0 N–H and O–H groups in total. The molecule has 0 aromatic heterocycles. The average molecular weight is 293 g/mol. The lowest BCUT2D eigenvalue weighted by molar-refractivity contribution is 0.177. The molecule has 2 aliphatic heterocycles. The first kappa shape index (κ1) is 13.9. The highest BCUT2D eigenvalue weighted by Crippen LogP contribution is 2.20. The van der Waals surface area contributed by atoms with Crippen molar-refractivity contribution < 1.29 is 13.5 Å². The second-order valence-electron chi connectivity index (χ2n) is 5.22. The van der Waals surface area contributed by atoms with Crippen molar-refractivity contribution in [1.29, 1.82) is 0 Å². The van der Waals surface area contributed by atoms with Crippen LogP contribution in [-0.2, 0) is 11.3 Å². The minimum atomic E-state index is -0.863. The minimum Gasteiger partial charge on any atom is -0.473 e. The molecule has 1 aromatic rings. The fourth-order valence-electron chi connectivity index (χ4n) is 2.50. The summed E-state index contributed by atoms with van der Waals surface area (Å²) in [6.45, 7) is 2.75. The Labute approximate surface area is 122 Å². The van der Waals surface area contributed by atoms with Crippen molar-refractivity contribution in [3.63, 3.8) is 0 Å². The zero-order valence-electron chi connectivity index (χ0n) is 11.9. The number of fused-ring (bicyclic) bond motifs is 1. The van der Waals surface area contributed by atoms with Crippen molar-refractivity contribution in [3.8, 4) is 0 Å². The summed E-state index contributed by atoms with van der Waals surface area (Å²) in [5.74, 6) is -0.0927. The quantitative estimate of drug-likeness (QED) is 0.838. The topological polar surface area (TPSA) is 28.1 Å². The smallest absolute Gasteiger partial charge is 0.214 e. The number of nitrogens with zero attached hydrogens (tertiary/aromatic N) is 3. The molecule has 1 fully saturated rings. The van der Waals surface area contributed by atoms with Gasteiger partial charge in [0.1, 0.15) is 19.1 Å². The van der Waals surface area contributed by atoms with Crippen LogP contribution in [-0.4, -0.2) is 42.5 Å². The molecule has 0 aliphatic carbocycles. The molecule has 1 saturated heterocycles. The van der Waals surface area contributed by atoms with E-state index in [1.165, 1.54) is 6.07 Å². The lowest BCUT2D eigenvalue weighted by Gasteiger charge is -2.39. The third-order valence-electron chi connectivity index (χ3n) is 3.66. The second kappa shape index (κ2) is 5.71. The van der Waals surface area contributed by atoms with E-state index in [4.69, 9.17) is 4.74 Å². The Balaban J connectivity index is 1.65. The number of ether oxygens (including phenoxy) is 1. The molecule has 0 unspecified atom stereocenters. The molecule has 1 aromatic carbocycles. The summed E-state index contributed by atoms with van der Waals surface area (Å²) >= 11 is 0. The molecule has 0 bridgehead atoms. The van der Waals surface area contributed by atoms with E-state index in [1.807, 2.05) is 13.1 Å². The van der Waals surface area contributed by atoms with E-state index in [1.54, 1.807) is 0 Å². The van der Waals surface area contributed by atoms with Crippen molar-refractivity contribution in [3.05, 3.63) is 47.3 Å². The third-order valence-corrected chi connectivity index (χ3v) is 3.66. The normalized spacial score (nSPS) is 18.0. The Morgan fingerprint density at radius 2 is 2.10 bits per heavy atom. The summed E-state index contributed by atoms with van der Waals surface area (Å²) in [5.41, 5.74) is 0.578. The van der Waals surface area contributed by atoms with Gasteiger partial charge in [0.05, 0.1) is 0 Å². The van der Waals surface area contributed by atoms with Crippen LogP contribution in [0.5, 0.6) is 0 Å². The molecule has 3 rings (SSSR count). The zero-order chi connectivity index (χ0) is 14.8. The van der Waals surface area contributed by atoms with Gasteiger partial charge in [-0.05, 0) is 24.1 Å². The van der Waals surface area contributed by atoms with Crippen LogP contribution >= 0.6 is 0 Å². The standard InChI is InChI=1S/C15H17F2N3O/c1-19-5-2-6-20-10-18-14(8-15(19)20)21-9-11-3-4-12(16)13(17)7-11/h3-4,7-8H,2,5-6,9-10H2,1H3. The van der Waals surface area contributed by atoms with Crippen LogP contribution in [0.25, 0.3) is 0 Å². The molecular formula is C15H17F2N3O. The van der Waals surface area contributed by atoms with Crippen LogP contribution in [0.1, 0.15) is 12.0 Å². The molecule has 4 nitrogen and oxygen atoms in total. The predicted molar refractivity (Wildman–Crippen MR) is 75.5 cm³/mol. The van der Waals surface area contributed by atoms with Crippen molar-refractivity contribution in [2.75, 3.05) is 26.8 Å². The van der Waals surface area contributed by atoms with Gasteiger partial charge in [-0.3, -0.25) is 0 Å². The predicted octanol–water partition coefficient (Wildman–Crippen LogP) is 2.33. The highest BCUT2D eigenvalue weighted by molar-refractivity contribution is 5.88. The van der Waals surface area contributed by atoms with Gasteiger partial charge in [-0.2, -0.15) is 0 Å². The SMILES string of the molecule is CN1CCCN2CN=C(OCc3ccc(F)c(F)c3)C=C12. The molecule has 0 atom stereocenters. The van der Waals surface area contributed by atoms with Crippen molar-refractivity contribution >= 4 is 5.90 Å². The Bertz CT molecular complexity index is 601. The summed E-state index contributed by atoms with van der Waals surface area (Å²) in [5, 5.41) is 0. The Morgan fingerprint density at radius 1 is 1.24 bits per heavy atom. The first-order chi connectivity index (χ1) is 10.1. The Hall–Kier alpha value is -2.11. The van der Waals surface area contributed by atoms with Crippen LogP contribution < -0.4 is 0 Å². The molecule has 6 heteroatoms. The molecule has 21 heavy (non-hydrogen) atoms. The number of halogens is 2. The van der Waals surface area contributed by atoms with E-state index in [0.29, 0.717) is 18.1 Å². The first-order valence-corrected chi connectivity index (χ1v) is 6.92. The van der Waals surface area contributed by atoms with Gasteiger partial charge in [0, 0.05) is 26.2 Å². The molecule has 2 heterocycles. The number of aliphatic imine (C=N–C) groups is 1. The number of hydrogen-bond donors (Lipinski definition) is 0. The van der Waals surface area contributed by atoms with Gasteiger partial charge in [0.15, 0.2) is 11.6 Å². The zero-order valence-corrected chi connectivity index (χ0v) is 11.9. The maximum absolute atomic E-state index is 13.1. The van der Waals surface area contributed by atoms with Gasteiger partial charge in [0.25, 0.3) is 0 Å². The highest BCUT2D eigenvalue weighted by atomic mass is 19.2. The fourth-order valence-corrected chi connectivity index (χ4v) is 2.50. The first-order valence-electron chi connectivity index (χ1n) is 6.92. The lowest BCUT2D eigenvalue weighted by atomic mass is 10.2. The van der Waals surface area contributed by atoms with E-state index >= 15 is 0 Å². The maximum atomic E-state index is 13.1. The van der Waals surface area contributed by atoms with Crippen LogP contribution in [0.4, 0.5) is 8.78 Å². The highest BCUT2D eigenvalue weighted by Gasteiger charge is 2.22. The van der Waals surface area contributed by atoms with Crippen molar-refractivity contribution in [1.82, 2.24) is 9.80 Å². The summed E-state index contributed by atoms with van der Waals surface area (Å²) in [4.78, 5) is 8.71. The van der Waals surface area contributed by atoms with Gasteiger partial charge in [0.2, 0.25) is 5.90 Å². The molecule has 0 radical (unpaired) electrons. The van der Waals surface area contributed by atoms with Gasteiger partial charge in [-0.15, -0.1) is 0 Å².